The van der Waals surface area contributed by atoms with Gasteiger partial charge in [0.15, 0.2) is 11.5 Å². The highest BCUT2D eigenvalue weighted by atomic mass is 16.5. The summed E-state index contributed by atoms with van der Waals surface area (Å²) in [5.74, 6) is 0.969. The second-order valence-electron chi connectivity index (χ2n) is 6.49. The molecular formula is C22H20N6O2. The third-order valence-corrected chi connectivity index (χ3v) is 4.37. The lowest BCUT2D eigenvalue weighted by molar-refractivity contribution is 0.102. The van der Waals surface area contributed by atoms with E-state index >= 15 is 0 Å². The lowest BCUT2D eigenvalue weighted by Gasteiger charge is -2.11. The average molecular weight is 400 g/mol. The summed E-state index contributed by atoms with van der Waals surface area (Å²) in [6, 6.07) is 20.8. The van der Waals surface area contributed by atoms with Gasteiger partial charge in [0, 0.05) is 11.9 Å². The number of methoxy groups -OCH3 is 1. The molecule has 30 heavy (non-hydrogen) atoms. The molecule has 0 spiro atoms. The van der Waals surface area contributed by atoms with Crippen LogP contribution in [0.25, 0.3) is 0 Å². The van der Waals surface area contributed by atoms with Crippen LogP contribution in [0.2, 0.25) is 0 Å². The molecule has 2 heterocycles. The SMILES string of the molecule is COc1ccc(Cn2cc(C(=O)Nc3cccnc3Nc3ccccc3)nn2)cc1. The van der Waals surface area contributed by atoms with Gasteiger partial charge in [0.05, 0.1) is 25.5 Å². The summed E-state index contributed by atoms with van der Waals surface area (Å²) in [4.78, 5) is 17.0. The zero-order valence-electron chi connectivity index (χ0n) is 16.3. The Hall–Kier alpha value is -4.20. The summed E-state index contributed by atoms with van der Waals surface area (Å²) < 4.78 is 6.77. The quantitative estimate of drug-likeness (QED) is 0.491. The second-order valence-corrected chi connectivity index (χ2v) is 6.49. The number of hydrogen-bond donors (Lipinski definition) is 2. The van der Waals surface area contributed by atoms with Crippen LogP contribution in [0, 0.1) is 0 Å². The van der Waals surface area contributed by atoms with E-state index in [1.807, 2.05) is 54.6 Å². The van der Waals surface area contributed by atoms with E-state index in [-0.39, 0.29) is 11.6 Å². The zero-order valence-corrected chi connectivity index (χ0v) is 16.3. The smallest absolute Gasteiger partial charge is 0.277 e. The second kappa shape index (κ2) is 8.87. The molecule has 0 fully saturated rings. The summed E-state index contributed by atoms with van der Waals surface area (Å²) in [6.45, 7) is 0.498. The van der Waals surface area contributed by atoms with Gasteiger partial charge in [0.2, 0.25) is 0 Å². The molecule has 150 valence electrons. The first-order chi connectivity index (χ1) is 14.7. The minimum atomic E-state index is -0.361. The number of hydrogen-bond acceptors (Lipinski definition) is 6. The van der Waals surface area contributed by atoms with E-state index in [1.165, 1.54) is 0 Å². The zero-order chi connectivity index (χ0) is 20.8. The van der Waals surface area contributed by atoms with E-state index in [2.05, 4.69) is 25.9 Å². The Kier molecular flexibility index (Phi) is 5.66. The van der Waals surface area contributed by atoms with Crippen LogP contribution in [0.1, 0.15) is 16.1 Å². The molecule has 0 aliphatic carbocycles. The Morgan fingerprint density at radius 2 is 1.83 bits per heavy atom. The largest absolute Gasteiger partial charge is 0.497 e. The number of nitrogens with zero attached hydrogens (tertiary/aromatic N) is 4. The first kappa shape index (κ1) is 19.1. The maximum atomic E-state index is 12.7. The Morgan fingerprint density at radius 3 is 2.60 bits per heavy atom. The van der Waals surface area contributed by atoms with Crippen molar-refractivity contribution >= 4 is 23.1 Å². The van der Waals surface area contributed by atoms with Gasteiger partial charge in [-0.1, -0.05) is 35.5 Å². The predicted octanol–water partition coefficient (Wildman–Crippen LogP) is 3.73. The highest BCUT2D eigenvalue weighted by Crippen LogP contribution is 2.23. The molecule has 2 aromatic carbocycles. The fourth-order valence-corrected chi connectivity index (χ4v) is 2.85. The maximum absolute atomic E-state index is 12.7. The molecule has 0 saturated carbocycles. The van der Waals surface area contributed by atoms with Crippen molar-refractivity contribution < 1.29 is 9.53 Å². The number of carbonyl (C=O) groups is 1. The first-order valence-electron chi connectivity index (χ1n) is 9.33. The molecule has 0 aliphatic heterocycles. The molecule has 0 radical (unpaired) electrons. The number of amides is 1. The molecular weight excluding hydrogens is 380 g/mol. The van der Waals surface area contributed by atoms with Crippen LogP contribution in [0.5, 0.6) is 5.75 Å². The van der Waals surface area contributed by atoms with Crippen LogP contribution in [-0.2, 0) is 6.54 Å². The molecule has 8 nitrogen and oxygen atoms in total. The Bertz CT molecular complexity index is 1130. The molecule has 4 rings (SSSR count). The van der Waals surface area contributed by atoms with Gasteiger partial charge in [0.25, 0.3) is 5.91 Å². The topological polar surface area (TPSA) is 94.0 Å². The van der Waals surface area contributed by atoms with Gasteiger partial charge in [-0.15, -0.1) is 5.10 Å². The first-order valence-corrected chi connectivity index (χ1v) is 9.33. The van der Waals surface area contributed by atoms with Gasteiger partial charge >= 0.3 is 0 Å². The van der Waals surface area contributed by atoms with Crippen LogP contribution in [0.15, 0.2) is 79.1 Å². The van der Waals surface area contributed by atoms with E-state index in [0.717, 1.165) is 17.0 Å². The lowest BCUT2D eigenvalue weighted by atomic mass is 10.2. The van der Waals surface area contributed by atoms with Crippen LogP contribution >= 0.6 is 0 Å². The number of benzene rings is 2. The van der Waals surface area contributed by atoms with Gasteiger partial charge in [-0.05, 0) is 42.0 Å². The van der Waals surface area contributed by atoms with Crippen molar-refractivity contribution in [2.75, 3.05) is 17.7 Å². The van der Waals surface area contributed by atoms with Crippen LogP contribution < -0.4 is 15.4 Å². The molecule has 0 saturated heterocycles. The van der Waals surface area contributed by atoms with Gasteiger partial charge in [-0.3, -0.25) is 4.79 Å². The minimum Gasteiger partial charge on any atom is -0.497 e. The number of ether oxygens (including phenoxy) is 1. The van der Waals surface area contributed by atoms with E-state index in [0.29, 0.717) is 18.1 Å². The monoisotopic (exact) mass is 400 g/mol. The van der Waals surface area contributed by atoms with Crippen LogP contribution in [0.4, 0.5) is 17.2 Å². The number of rotatable bonds is 7. The Morgan fingerprint density at radius 1 is 1.03 bits per heavy atom. The van der Waals surface area contributed by atoms with Crippen molar-refractivity contribution in [3.63, 3.8) is 0 Å². The Labute approximate surface area is 173 Å². The highest BCUT2D eigenvalue weighted by molar-refractivity contribution is 6.04. The van der Waals surface area contributed by atoms with Gasteiger partial charge < -0.3 is 15.4 Å². The van der Waals surface area contributed by atoms with Crippen molar-refractivity contribution in [1.29, 1.82) is 0 Å². The van der Waals surface area contributed by atoms with E-state index in [9.17, 15) is 4.79 Å². The molecule has 0 atom stereocenters. The van der Waals surface area contributed by atoms with E-state index in [1.54, 1.807) is 36.3 Å². The number of carbonyl (C=O) groups excluding carboxylic acids is 1. The van der Waals surface area contributed by atoms with Crippen molar-refractivity contribution in [3.8, 4) is 5.75 Å². The number of aromatic nitrogens is 4. The van der Waals surface area contributed by atoms with Crippen molar-refractivity contribution in [3.05, 3.63) is 90.4 Å². The molecule has 2 aromatic heterocycles. The lowest BCUT2D eigenvalue weighted by Crippen LogP contribution is -2.14. The standard InChI is InChI=1S/C22H20N6O2/c1-30-18-11-9-16(10-12-18)14-28-15-20(26-27-28)22(29)25-19-8-5-13-23-21(19)24-17-6-3-2-4-7-17/h2-13,15H,14H2,1H3,(H,23,24)(H,25,29). The maximum Gasteiger partial charge on any atom is 0.277 e. The molecule has 0 unspecified atom stereocenters. The predicted molar refractivity (Wildman–Crippen MR) is 114 cm³/mol. The van der Waals surface area contributed by atoms with E-state index in [4.69, 9.17) is 4.74 Å². The third-order valence-electron chi connectivity index (χ3n) is 4.37. The summed E-state index contributed by atoms with van der Waals surface area (Å²) in [5.41, 5.74) is 2.67. The van der Waals surface area contributed by atoms with Crippen LogP contribution in [-0.4, -0.2) is 33.0 Å². The van der Waals surface area contributed by atoms with Gasteiger partial charge in [-0.2, -0.15) is 0 Å². The average Bonchev–Trinajstić information content (AvgIpc) is 3.25. The normalized spacial score (nSPS) is 10.4. The summed E-state index contributed by atoms with van der Waals surface area (Å²) >= 11 is 0. The molecule has 0 bridgehead atoms. The minimum absolute atomic E-state index is 0.220. The summed E-state index contributed by atoms with van der Waals surface area (Å²) in [5, 5.41) is 14.1. The number of anilines is 3. The number of para-hydroxylation sites is 1. The molecule has 4 aromatic rings. The number of nitrogens with one attached hydrogen (secondary N) is 2. The summed E-state index contributed by atoms with van der Waals surface area (Å²) in [7, 11) is 1.63. The molecule has 0 aliphatic rings. The number of pyridine rings is 1. The van der Waals surface area contributed by atoms with Crippen molar-refractivity contribution in [2.24, 2.45) is 0 Å². The van der Waals surface area contributed by atoms with Gasteiger partial charge in [0.1, 0.15) is 5.75 Å². The third kappa shape index (κ3) is 4.61. The van der Waals surface area contributed by atoms with Crippen molar-refractivity contribution in [1.82, 2.24) is 20.0 Å². The van der Waals surface area contributed by atoms with Crippen molar-refractivity contribution in [2.45, 2.75) is 6.54 Å². The molecule has 2 N–H and O–H groups in total. The van der Waals surface area contributed by atoms with Crippen LogP contribution in [0.3, 0.4) is 0 Å². The molecule has 8 heteroatoms. The van der Waals surface area contributed by atoms with Gasteiger partial charge in [-0.25, -0.2) is 9.67 Å². The Balaban J connectivity index is 1.44. The molecule has 1 amide bonds. The highest BCUT2D eigenvalue weighted by Gasteiger charge is 2.14. The summed E-state index contributed by atoms with van der Waals surface area (Å²) in [6.07, 6.45) is 3.27. The fraction of sp³-hybridized carbons (Fsp3) is 0.0909. The van der Waals surface area contributed by atoms with E-state index < -0.39 is 0 Å². The fourth-order valence-electron chi connectivity index (χ4n) is 2.85.